The van der Waals surface area contributed by atoms with Crippen molar-refractivity contribution < 1.29 is 4.79 Å². The summed E-state index contributed by atoms with van der Waals surface area (Å²) in [6, 6.07) is 11.9. The van der Waals surface area contributed by atoms with Gasteiger partial charge in [0.2, 0.25) is 5.91 Å². The zero-order chi connectivity index (χ0) is 17.5. The van der Waals surface area contributed by atoms with Crippen LogP contribution in [0.3, 0.4) is 0 Å². The van der Waals surface area contributed by atoms with Gasteiger partial charge in [0.05, 0.1) is 5.69 Å². The Labute approximate surface area is 140 Å². The Morgan fingerprint density at radius 1 is 1.29 bits per heavy atom. The molecule has 0 fully saturated rings. The van der Waals surface area contributed by atoms with Crippen LogP contribution in [0.5, 0.6) is 0 Å². The second-order valence-electron chi connectivity index (χ2n) is 5.60. The number of nitrogens with one attached hydrogen (secondary N) is 1. The lowest BCUT2D eigenvalue weighted by Crippen LogP contribution is -2.36. The van der Waals surface area contributed by atoms with Crippen molar-refractivity contribution in [3.05, 3.63) is 63.1 Å². The average molecular weight is 324 g/mol. The van der Waals surface area contributed by atoms with E-state index in [4.69, 9.17) is 5.26 Å². The Morgan fingerprint density at radius 3 is 2.67 bits per heavy atom. The van der Waals surface area contributed by atoms with Crippen molar-refractivity contribution in [1.29, 1.82) is 5.26 Å². The van der Waals surface area contributed by atoms with Crippen LogP contribution in [0.1, 0.15) is 28.8 Å². The first kappa shape index (κ1) is 17.4. The third-order valence-electron chi connectivity index (χ3n) is 3.85. The van der Waals surface area contributed by atoms with Gasteiger partial charge in [-0.15, -0.1) is 0 Å². The molecule has 2 aromatic rings. The maximum absolute atomic E-state index is 12.1. The van der Waals surface area contributed by atoms with Gasteiger partial charge in [0.25, 0.3) is 5.56 Å². The van der Waals surface area contributed by atoms with Crippen molar-refractivity contribution in [2.75, 3.05) is 6.54 Å². The molecule has 1 amide bonds. The van der Waals surface area contributed by atoms with Crippen LogP contribution in [0.2, 0.25) is 0 Å². The molecular formula is C18H20N4O2. The molecule has 0 spiro atoms. The first-order chi connectivity index (χ1) is 11.5. The highest BCUT2D eigenvalue weighted by Crippen LogP contribution is 2.04. The molecule has 0 unspecified atom stereocenters. The van der Waals surface area contributed by atoms with Gasteiger partial charge in [-0.1, -0.05) is 30.3 Å². The summed E-state index contributed by atoms with van der Waals surface area (Å²) < 4.78 is 1.05. The van der Waals surface area contributed by atoms with Crippen molar-refractivity contribution in [2.24, 2.45) is 0 Å². The monoisotopic (exact) mass is 324 g/mol. The van der Waals surface area contributed by atoms with Crippen molar-refractivity contribution in [3.8, 4) is 6.07 Å². The molecule has 1 aromatic carbocycles. The van der Waals surface area contributed by atoms with Crippen LogP contribution < -0.4 is 10.9 Å². The molecule has 0 radical (unpaired) electrons. The topological polar surface area (TPSA) is 87.8 Å². The maximum atomic E-state index is 12.1. The highest BCUT2D eigenvalue weighted by atomic mass is 16.2. The Morgan fingerprint density at radius 2 is 2.00 bits per heavy atom. The van der Waals surface area contributed by atoms with Gasteiger partial charge in [0, 0.05) is 6.54 Å². The van der Waals surface area contributed by atoms with Gasteiger partial charge in [-0.25, -0.2) is 4.68 Å². The highest BCUT2D eigenvalue weighted by Gasteiger charge is 2.13. The number of rotatable bonds is 6. The molecule has 6 nitrogen and oxygen atoms in total. The summed E-state index contributed by atoms with van der Waals surface area (Å²) in [5.74, 6) is -0.287. The lowest BCUT2D eigenvalue weighted by molar-refractivity contribution is -0.121. The number of benzene rings is 1. The predicted molar refractivity (Wildman–Crippen MR) is 90.5 cm³/mol. The van der Waals surface area contributed by atoms with Crippen LogP contribution in [0, 0.1) is 25.2 Å². The van der Waals surface area contributed by atoms with Gasteiger partial charge < -0.3 is 5.32 Å². The molecule has 0 bridgehead atoms. The van der Waals surface area contributed by atoms with Crippen molar-refractivity contribution >= 4 is 5.91 Å². The molecule has 6 heteroatoms. The summed E-state index contributed by atoms with van der Waals surface area (Å²) >= 11 is 0. The van der Waals surface area contributed by atoms with Crippen LogP contribution in [-0.2, 0) is 17.8 Å². The first-order valence-corrected chi connectivity index (χ1v) is 7.82. The number of nitrogens with zero attached hydrogens (tertiary/aromatic N) is 3. The van der Waals surface area contributed by atoms with E-state index in [2.05, 4.69) is 10.4 Å². The molecule has 2 rings (SSSR count). The van der Waals surface area contributed by atoms with E-state index in [1.807, 2.05) is 36.4 Å². The Balaban J connectivity index is 1.90. The van der Waals surface area contributed by atoms with E-state index in [9.17, 15) is 9.59 Å². The molecule has 24 heavy (non-hydrogen) atoms. The molecule has 1 N–H and O–H groups in total. The van der Waals surface area contributed by atoms with Crippen LogP contribution in [0.25, 0.3) is 0 Å². The molecule has 0 aliphatic rings. The number of aryl methyl sites for hydroxylation is 2. The number of carbonyl (C=O) groups excluding carboxylic acids is 1. The SMILES string of the molecule is Cc1nn(CC(=O)NCCCc2ccccc2)c(=O)c(C#N)c1C. The highest BCUT2D eigenvalue weighted by molar-refractivity contribution is 5.75. The second kappa shape index (κ2) is 8.06. The molecule has 1 heterocycles. The number of carbonyl (C=O) groups is 1. The van der Waals surface area contributed by atoms with Crippen LogP contribution in [0.4, 0.5) is 0 Å². The van der Waals surface area contributed by atoms with E-state index in [0.29, 0.717) is 17.8 Å². The van der Waals surface area contributed by atoms with Crippen molar-refractivity contribution in [3.63, 3.8) is 0 Å². The van der Waals surface area contributed by atoms with Gasteiger partial charge >= 0.3 is 0 Å². The summed E-state index contributed by atoms with van der Waals surface area (Å²) in [4.78, 5) is 24.1. The Kier molecular flexibility index (Phi) is 5.85. The second-order valence-corrected chi connectivity index (χ2v) is 5.60. The summed E-state index contributed by atoms with van der Waals surface area (Å²) in [5, 5.41) is 15.9. The Hall–Kier alpha value is -2.94. The van der Waals surface area contributed by atoms with Gasteiger partial charge in [-0.05, 0) is 37.8 Å². The fraction of sp³-hybridized carbons (Fsp3) is 0.333. The zero-order valence-electron chi connectivity index (χ0n) is 13.9. The van der Waals surface area contributed by atoms with Gasteiger partial charge in [-0.2, -0.15) is 10.4 Å². The summed E-state index contributed by atoms with van der Waals surface area (Å²) in [5.41, 5.74) is 1.86. The largest absolute Gasteiger partial charge is 0.354 e. The van der Waals surface area contributed by atoms with Crippen molar-refractivity contribution in [2.45, 2.75) is 33.2 Å². The summed E-state index contributed by atoms with van der Waals surface area (Å²) in [6.07, 6.45) is 1.69. The standard InChI is InChI=1S/C18H20N4O2/c1-13-14(2)21-22(18(24)16(13)11-19)12-17(23)20-10-6-9-15-7-4-3-5-8-15/h3-5,7-8H,6,9-10,12H2,1-2H3,(H,20,23). The summed E-state index contributed by atoms with van der Waals surface area (Å²) in [6.45, 7) is 3.73. The van der Waals surface area contributed by atoms with E-state index in [-0.39, 0.29) is 18.0 Å². The predicted octanol–water partition coefficient (Wildman–Crippen LogP) is 1.48. The number of hydrogen-bond acceptors (Lipinski definition) is 4. The van der Waals surface area contributed by atoms with Crippen molar-refractivity contribution in [1.82, 2.24) is 15.1 Å². The number of hydrogen-bond donors (Lipinski definition) is 1. The third-order valence-corrected chi connectivity index (χ3v) is 3.85. The van der Waals surface area contributed by atoms with Gasteiger partial charge in [0.15, 0.2) is 0 Å². The quantitative estimate of drug-likeness (QED) is 0.815. The van der Waals surface area contributed by atoms with Crippen LogP contribution in [-0.4, -0.2) is 22.2 Å². The average Bonchev–Trinajstić information content (AvgIpc) is 2.58. The lowest BCUT2D eigenvalue weighted by atomic mass is 10.1. The number of amides is 1. The molecule has 0 saturated carbocycles. The molecule has 0 aliphatic carbocycles. The molecule has 124 valence electrons. The number of nitriles is 1. The Bertz CT molecular complexity index is 819. The third kappa shape index (κ3) is 4.29. The molecule has 0 saturated heterocycles. The smallest absolute Gasteiger partial charge is 0.285 e. The fourth-order valence-corrected chi connectivity index (χ4v) is 2.37. The lowest BCUT2D eigenvalue weighted by Gasteiger charge is -2.09. The van der Waals surface area contributed by atoms with E-state index in [1.165, 1.54) is 5.56 Å². The minimum atomic E-state index is -0.528. The number of aromatic nitrogens is 2. The maximum Gasteiger partial charge on any atom is 0.285 e. The van der Waals surface area contributed by atoms with Crippen LogP contribution >= 0.6 is 0 Å². The van der Waals surface area contributed by atoms with Gasteiger partial charge in [0.1, 0.15) is 18.2 Å². The van der Waals surface area contributed by atoms with E-state index < -0.39 is 5.56 Å². The normalized spacial score (nSPS) is 10.2. The zero-order valence-corrected chi connectivity index (χ0v) is 13.9. The van der Waals surface area contributed by atoms with Crippen LogP contribution in [0.15, 0.2) is 35.1 Å². The van der Waals surface area contributed by atoms with E-state index >= 15 is 0 Å². The van der Waals surface area contributed by atoms with E-state index in [0.717, 1.165) is 17.5 Å². The molecule has 0 aliphatic heterocycles. The summed E-state index contributed by atoms with van der Waals surface area (Å²) in [7, 11) is 0. The molecule has 0 atom stereocenters. The fourth-order valence-electron chi connectivity index (χ4n) is 2.37. The minimum Gasteiger partial charge on any atom is -0.354 e. The first-order valence-electron chi connectivity index (χ1n) is 7.82. The minimum absolute atomic E-state index is 0.0411. The molecular weight excluding hydrogens is 304 g/mol. The van der Waals surface area contributed by atoms with E-state index in [1.54, 1.807) is 13.8 Å². The van der Waals surface area contributed by atoms with Gasteiger partial charge in [-0.3, -0.25) is 9.59 Å². The molecule has 1 aromatic heterocycles.